The summed E-state index contributed by atoms with van der Waals surface area (Å²) in [5.74, 6) is -0.800. The highest BCUT2D eigenvalue weighted by Gasteiger charge is 2.13. The van der Waals surface area contributed by atoms with Gasteiger partial charge in [-0.25, -0.2) is 0 Å². The molecule has 0 unspecified atom stereocenters. The van der Waals surface area contributed by atoms with E-state index in [9.17, 15) is 9.59 Å². The minimum atomic E-state index is -0.870. The third-order valence-electron chi connectivity index (χ3n) is 3.09. The van der Waals surface area contributed by atoms with Gasteiger partial charge in [0.15, 0.2) is 0 Å². The average molecular weight is 259 g/mol. The predicted molar refractivity (Wildman–Crippen MR) is 69.3 cm³/mol. The van der Waals surface area contributed by atoms with Gasteiger partial charge in [0.25, 0.3) is 0 Å². The topological polar surface area (TPSA) is 101 Å². The van der Waals surface area contributed by atoms with Gasteiger partial charge in [-0.3, -0.25) is 9.59 Å². The molecule has 0 aromatic rings. The summed E-state index contributed by atoms with van der Waals surface area (Å²) in [7, 11) is 0. The van der Waals surface area contributed by atoms with E-state index in [1.54, 1.807) is 0 Å². The van der Waals surface area contributed by atoms with E-state index in [2.05, 4.69) is 6.92 Å². The lowest BCUT2D eigenvalue weighted by molar-refractivity contribution is -0.139. The van der Waals surface area contributed by atoms with E-state index >= 15 is 0 Å². The number of rotatable bonds is 5. The summed E-state index contributed by atoms with van der Waals surface area (Å²) in [5, 5.41) is 16.3. The summed E-state index contributed by atoms with van der Waals surface area (Å²) < 4.78 is 0. The maximum Gasteiger partial charge on any atom is 0.303 e. The molecule has 1 aliphatic carbocycles. The molecule has 0 aliphatic heterocycles. The third-order valence-corrected chi connectivity index (χ3v) is 3.09. The van der Waals surface area contributed by atoms with Crippen molar-refractivity contribution in [1.82, 2.24) is 0 Å². The molecule has 0 heterocycles. The van der Waals surface area contributed by atoms with E-state index in [4.69, 9.17) is 15.9 Å². The molecule has 0 bridgehead atoms. The Morgan fingerprint density at radius 1 is 1.00 bits per heavy atom. The Morgan fingerprint density at radius 3 is 1.67 bits per heavy atom. The van der Waals surface area contributed by atoms with Gasteiger partial charge < -0.3 is 15.9 Å². The smallest absolute Gasteiger partial charge is 0.303 e. The Morgan fingerprint density at radius 2 is 1.39 bits per heavy atom. The number of carboxylic acid groups (broad SMARTS) is 2. The van der Waals surface area contributed by atoms with Crippen LogP contribution in [0.3, 0.4) is 0 Å². The van der Waals surface area contributed by atoms with Crippen molar-refractivity contribution in [3.63, 3.8) is 0 Å². The first kappa shape index (κ1) is 16.9. The maximum absolute atomic E-state index is 9.90. The fraction of sp³-hybridized carbons (Fsp3) is 0.846. The van der Waals surface area contributed by atoms with Crippen LogP contribution in [0.4, 0.5) is 0 Å². The van der Waals surface area contributed by atoms with Crippen molar-refractivity contribution in [2.45, 2.75) is 64.3 Å². The molecule has 0 aromatic carbocycles. The molecule has 0 amide bonds. The standard InChI is InChI=1S/C7H15N.C6H10O4/c1-6-2-4-7(8)5-3-6;7-5(8)3-1-2-4-6(9)10/h6-7H,2-5,8H2,1H3;1-4H2,(H,7,8)(H,9,10). The summed E-state index contributed by atoms with van der Waals surface area (Å²) in [5.41, 5.74) is 5.70. The second-order valence-corrected chi connectivity index (χ2v) is 5.01. The number of carboxylic acids is 2. The van der Waals surface area contributed by atoms with Gasteiger partial charge in [-0.2, -0.15) is 0 Å². The van der Waals surface area contributed by atoms with Crippen LogP contribution in [0, 0.1) is 5.92 Å². The SMILES string of the molecule is CC1CCC(N)CC1.O=C(O)CCCCC(=O)O. The molecule has 4 N–H and O–H groups in total. The summed E-state index contributed by atoms with van der Waals surface area (Å²) in [6, 6.07) is 0.520. The summed E-state index contributed by atoms with van der Waals surface area (Å²) >= 11 is 0. The van der Waals surface area contributed by atoms with Crippen molar-refractivity contribution < 1.29 is 19.8 Å². The fourth-order valence-electron chi connectivity index (χ4n) is 1.84. The summed E-state index contributed by atoms with van der Waals surface area (Å²) in [6.07, 6.45) is 6.22. The molecular weight excluding hydrogens is 234 g/mol. The van der Waals surface area contributed by atoms with E-state index in [0.29, 0.717) is 18.9 Å². The Bertz CT molecular complexity index is 221. The summed E-state index contributed by atoms with van der Waals surface area (Å²) in [4.78, 5) is 19.8. The lowest BCUT2D eigenvalue weighted by Gasteiger charge is -2.22. The molecule has 0 saturated heterocycles. The average Bonchev–Trinajstić information content (AvgIpc) is 2.29. The van der Waals surface area contributed by atoms with Gasteiger partial charge in [0.1, 0.15) is 0 Å². The van der Waals surface area contributed by atoms with Gasteiger partial charge in [-0.1, -0.05) is 6.92 Å². The largest absolute Gasteiger partial charge is 0.481 e. The third kappa shape index (κ3) is 11.4. The first-order valence-electron chi connectivity index (χ1n) is 6.61. The molecule has 5 heteroatoms. The van der Waals surface area contributed by atoms with Gasteiger partial charge in [-0.15, -0.1) is 0 Å². The van der Waals surface area contributed by atoms with Crippen LogP contribution in [0.25, 0.3) is 0 Å². The Hall–Kier alpha value is -1.10. The second-order valence-electron chi connectivity index (χ2n) is 5.01. The zero-order valence-electron chi connectivity index (χ0n) is 11.1. The number of hydrogen-bond acceptors (Lipinski definition) is 3. The first-order chi connectivity index (χ1) is 8.41. The normalized spacial score (nSPS) is 22.8. The molecule has 5 nitrogen and oxygen atoms in total. The zero-order chi connectivity index (χ0) is 14.0. The van der Waals surface area contributed by atoms with Crippen LogP contribution in [0.5, 0.6) is 0 Å². The highest BCUT2D eigenvalue weighted by Crippen LogP contribution is 2.21. The number of aliphatic carboxylic acids is 2. The van der Waals surface area contributed by atoms with Crippen molar-refractivity contribution >= 4 is 11.9 Å². The van der Waals surface area contributed by atoms with Crippen LogP contribution < -0.4 is 5.73 Å². The van der Waals surface area contributed by atoms with Gasteiger partial charge in [0, 0.05) is 18.9 Å². The molecule has 1 fully saturated rings. The second kappa shape index (κ2) is 9.88. The Labute approximate surface area is 108 Å². The van der Waals surface area contributed by atoms with Gasteiger partial charge in [0.05, 0.1) is 0 Å². The van der Waals surface area contributed by atoms with Crippen molar-refractivity contribution in [1.29, 1.82) is 0 Å². The number of unbranched alkanes of at least 4 members (excludes halogenated alkanes) is 1. The fourth-order valence-corrected chi connectivity index (χ4v) is 1.84. The molecule has 0 atom stereocenters. The molecule has 1 saturated carbocycles. The zero-order valence-corrected chi connectivity index (χ0v) is 11.1. The Kier molecular flexibility index (Phi) is 9.28. The lowest BCUT2D eigenvalue weighted by atomic mass is 9.88. The molecular formula is C13H25NO4. The van der Waals surface area contributed by atoms with Crippen molar-refractivity contribution in [3.8, 4) is 0 Å². The van der Waals surface area contributed by atoms with E-state index in [-0.39, 0.29) is 12.8 Å². The molecule has 1 rings (SSSR count). The molecule has 1 aliphatic rings. The van der Waals surface area contributed by atoms with Crippen molar-refractivity contribution in [3.05, 3.63) is 0 Å². The predicted octanol–water partition coefficient (Wildman–Crippen LogP) is 2.24. The van der Waals surface area contributed by atoms with Crippen LogP contribution in [0.15, 0.2) is 0 Å². The minimum absolute atomic E-state index is 0.0628. The van der Waals surface area contributed by atoms with E-state index < -0.39 is 11.9 Å². The van der Waals surface area contributed by atoms with Gasteiger partial charge in [-0.05, 0) is 44.4 Å². The first-order valence-corrected chi connectivity index (χ1v) is 6.61. The van der Waals surface area contributed by atoms with E-state index in [0.717, 1.165) is 5.92 Å². The molecule has 106 valence electrons. The number of nitrogens with two attached hydrogens (primary N) is 1. The highest BCUT2D eigenvalue weighted by atomic mass is 16.4. The molecule has 18 heavy (non-hydrogen) atoms. The quantitative estimate of drug-likeness (QED) is 0.657. The van der Waals surface area contributed by atoms with Crippen LogP contribution in [-0.4, -0.2) is 28.2 Å². The molecule has 0 spiro atoms. The van der Waals surface area contributed by atoms with Gasteiger partial charge >= 0.3 is 11.9 Å². The van der Waals surface area contributed by atoms with Crippen LogP contribution in [0.2, 0.25) is 0 Å². The van der Waals surface area contributed by atoms with Crippen LogP contribution in [-0.2, 0) is 9.59 Å². The molecule has 0 aromatic heterocycles. The maximum atomic E-state index is 9.90. The number of carbonyl (C=O) groups is 2. The lowest BCUT2D eigenvalue weighted by Crippen LogP contribution is -2.25. The van der Waals surface area contributed by atoms with Crippen LogP contribution in [0.1, 0.15) is 58.3 Å². The Balaban J connectivity index is 0.000000327. The monoisotopic (exact) mass is 259 g/mol. The summed E-state index contributed by atoms with van der Waals surface area (Å²) in [6.45, 7) is 2.31. The van der Waals surface area contributed by atoms with Crippen LogP contribution >= 0.6 is 0 Å². The highest BCUT2D eigenvalue weighted by molar-refractivity contribution is 5.67. The van der Waals surface area contributed by atoms with E-state index in [1.165, 1.54) is 25.7 Å². The minimum Gasteiger partial charge on any atom is -0.481 e. The van der Waals surface area contributed by atoms with Crippen molar-refractivity contribution in [2.24, 2.45) is 11.7 Å². The number of hydrogen-bond donors (Lipinski definition) is 3. The molecule has 0 radical (unpaired) electrons. The van der Waals surface area contributed by atoms with Crippen molar-refractivity contribution in [2.75, 3.05) is 0 Å². The van der Waals surface area contributed by atoms with Gasteiger partial charge in [0.2, 0.25) is 0 Å². The van der Waals surface area contributed by atoms with E-state index in [1.807, 2.05) is 0 Å².